The Morgan fingerprint density at radius 1 is 1.22 bits per heavy atom. The molecule has 0 aromatic carbocycles. The third kappa shape index (κ3) is 2.44. The smallest absolute Gasteiger partial charge is 0.0730 e. The van der Waals surface area contributed by atoms with Crippen molar-refractivity contribution in [3.05, 3.63) is 0 Å². The van der Waals surface area contributed by atoms with Gasteiger partial charge in [-0.25, -0.2) is 0 Å². The van der Waals surface area contributed by atoms with Crippen molar-refractivity contribution in [1.82, 2.24) is 4.90 Å². The monoisotopic (exact) mass is 254 g/mol. The van der Waals surface area contributed by atoms with Crippen molar-refractivity contribution in [2.75, 3.05) is 26.3 Å². The summed E-state index contributed by atoms with van der Waals surface area (Å²) in [5.74, 6) is 0.535. The zero-order valence-corrected chi connectivity index (χ0v) is 11.2. The second kappa shape index (κ2) is 5.08. The van der Waals surface area contributed by atoms with Crippen LogP contribution < -0.4 is 5.73 Å². The van der Waals surface area contributed by atoms with E-state index in [1.165, 1.54) is 38.5 Å². The maximum Gasteiger partial charge on any atom is 0.0730 e. The summed E-state index contributed by atoms with van der Waals surface area (Å²) in [7, 11) is 0. The van der Waals surface area contributed by atoms with E-state index in [1.54, 1.807) is 0 Å². The molecule has 18 heavy (non-hydrogen) atoms. The summed E-state index contributed by atoms with van der Waals surface area (Å²) >= 11 is 0. The average molecular weight is 254 g/mol. The molecular formula is C14H26N2O2. The van der Waals surface area contributed by atoms with Crippen LogP contribution in [0.1, 0.15) is 38.5 Å². The number of ether oxygens (including phenoxy) is 1. The van der Waals surface area contributed by atoms with Crippen LogP contribution in [-0.4, -0.2) is 54.0 Å². The fraction of sp³-hybridized carbons (Fsp3) is 1.00. The Morgan fingerprint density at radius 2 is 2.00 bits per heavy atom. The Bertz CT molecular complexity index is 294. The van der Waals surface area contributed by atoms with Crippen LogP contribution in [-0.2, 0) is 4.74 Å². The van der Waals surface area contributed by atoms with Gasteiger partial charge in [0.05, 0.1) is 24.9 Å². The van der Waals surface area contributed by atoms with E-state index in [4.69, 9.17) is 10.5 Å². The molecule has 3 N–H and O–H groups in total. The third-order valence-electron chi connectivity index (χ3n) is 5.03. The predicted octanol–water partition coefficient (Wildman–Crippen LogP) is 0.730. The minimum atomic E-state index is -0.376. The second-order valence-electron chi connectivity index (χ2n) is 6.40. The van der Waals surface area contributed by atoms with Gasteiger partial charge in [-0.2, -0.15) is 0 Å². The maximum atomic E-state index is 9.64. The molecule has 0 amide bonds. The van der Waals surface area contributed by atoms with Gasteiger partial charge in [0.1, 0.15) is 0 Å². The molecule has 0 aromatic rings. The molecule has 3 aliphatic rings. The first-order chi connectivity index (χ1) is 8.73. The first-order valence-corrected chi connectivity index (χ1v) is 7.48. The van der Waals surface area contributed by atoms with Gasteiger partial charge in [-0.3, -0.25) is 4.90 Å². The molecule has 1 heterocycles. The molecule has 0 radical (unpaired) electrons. The van der Waals surface area contributed by atoms with Crippen LogP contribution in [0.25, 0.3) is 0 Å². The molecule has 3 atom stereocenters. The largest absolute Gasteiger partial charge is 0.394 e. The van der Waals surface area contributed by atoms with E-state index in [0.29, 0.717) is 18.1 Å². The van der Waals surface area contributed by atoms with E-state index in [1.807, 2.05) is 0 Å². The van der Waals surface area contributed by atoms with Gasteiger partial charge in [0, 0.05) is 19.1 Å². The fourth-order valence-electron chi connectivity index (χ4n) is 3.72. The molecule has 3 fully saturated rings. The normalized spacial score (nSPS) is 37.0. The van der Waals surface area contributed by atoms with E-state index in [-0.39, 0.29) is 12.1 Å². The SMILES string of the molecule is NC(CO)(CN1CCOC2CCCCC21)C1CC1. The summed E-state index contributed by atoms with van der Waals surface area (Å²) < 4.78 is 5.89. The fourth-order valence-corrected chi connectivity index (χ4v) is 3.72. The number of hydrogen-bond acceptors (Lipinski definition) is 4. The summed E-state index contributed by atoms with van der Waals surface area (Å²) in [6.07, 6.45) is 7.82. The average Bonchev–Trinajstić information content (AvgIpc) is 3.24. The van der Waals surface area contributed by atoms with Crippen molar-refractivity contribution in [2.24, 2.45) is 11.7 Å². The number of aliphatic hydroxyl groups excluding tert-OH is 1. The Labute approximate surface area is 109 Å². The lowest BCUT2D eigenvalue weighted by molar-refractivity contribution is -0.0965. The molecule has 4 heteroatoms. The van der Waals surface area contributed by atoms with Crippen molar-refractivity contribution >= 4 is 0 Å². The first-order valence-electron chi connectivity index (χ1n) is 7.48. The quantitative estimate of drug-likeness (QED) is 0.776. The van der Waals surface area contributed by atoms with Gasteiger partial charge in [-0.1, -0.05) is 12.8 Å². The lowest BCUT2D eigenvalue weighted by atomic mass is 9.87. The van der Waals surface area contributed by atoms with E-state index in [0.717, 1.165) is 19.7 Å². The minimum Gasteiger partial charge on any atom is -0.394 e. The Hall–Kier alpha value is -0.160. The third-order valence-corrected chi connectivity index (χ3v) is 5.03. The number of rotatable bonds is 4. The van der Waals surface area contributed by atoms with Crippen LogP contribution in [0.2, 0.25) is 0 Å². The summed E-state index contributed by atoms with van der Waals surface area (Å²) in [6, 6.07) is 0.542. The Kier molecular flexibility index (Phi) is 3.63. The number of aliphatic hydroxyl groups is 1. The number of nitrogens with two attached hydrogens (primary N) is 1. The zero-order chi connectivity index (χ0) is 12.6. The van der Waals surface area contributed by atoms with Crippen molar-refractivity contribution in [3.8, 4) is 0 Å². The van der Waals surface area contributed by atoms with Gasteiger partial charge in [0.15, 0.2) is 0 Å². The molecular weight excluding hydrogens is 228 g/mol. The number of fused-ring (bicyclic) bond motifs is 1. The zero-order valence-electron chi connectivity index (χ0n) is 11.2. The van der Waals surface area contributed by atoms with Crippen molar-refractivity contribution in [2.45, 2.75) is 56.2 Å². The molecule has 0 aromatic heterocycles. The molecule has 0 bridgehead atoms. The summed E-state index contributed by atoms with van der Waals surface area (Å²) in [6.45, 7) is 2.77. The standard InChI is InChI=1S/C14H26N2O2/c15-14(10-17,11-5-6-11)9-16-7-8-18-13-4-2-1-3-12(13)16/h11-13,17H,1-10,15H2. The Morgan fingerprint density at radius 3 is 2.72 bits per heavy atom. The van der Waals surface area contributed by atoms with Gasteiger partial charge in [0.2, 0.25) is 0 Å². The lowest BCUT2D eigenvalue weighted by Gasteiger charge is -2.46. The second-order valence-corrected chi connectivity index (χ2v) is 6.40. The van der Waals surface area contributed by atoms with Crippen LogP contribution in [0.3, 0.4) is 0 Å². The molecule has 2 saturated carbocycles. The highest BCUT2D eigenvalue weighted by Gasteiger charge is 2.45. The lowest BCUT2D eigenvalue weighted by Crippen LogP contribution is -2.61. The predicted molar refractivity (Wildman–Crippen MR) is 70.3 cm³/mol. The van der Waals surface area contributed by atoms with Gasteiger partial charge >= 0.3 is 0 Å². The van der Waals surface area contributed by atoms with Crippen molar-refractivity contribution < 1.29 is 9.84 Å². The summed E-state index contributed by atoms with van der Waals surface area (Å²) in [4.78, 5) is 2.50. The van der Waals surface area contributed by atoms with Gasteiger partial charge in [0.25, 0.3) is 0 Å². The molecule has 1 aliphatic heterocycles. The highest BCUT2D eigenvalue weighted by atomic mass is 16.5. The number of morpholine rings is 1. The van der Waals surface area contributed by atoms with Crippen LogP contribution in [0, 0.1) is 5.92 Å². The van der Waals surface area contributed by atoms with Crippen LogP contribution in [0.15, 0.2) is 0 Å². The van der Waals surface area contributed by atoms with Gasteiger partial charge < -0.3 is 15.6 Å². The summed E-state index contributed by atoms with van der Waals surface area (Å²) in [5.41, 5.74) is 6.05. The molecule has 1 saturated heterocycles. The van der Waals surface area contributed by atoms with Crippen molar-refractivity contribution in [1.29, 1.82) is 0 Å². The first kappa shape index (κ1) is 12.9. The number of hydrogen-bond donors (Lipinski definition) is 2. The topological polar surface area (TPSA) is 58.7 Å². The molecule has 3 rings (SSSR count). The molecule has 4 nitrogen and oxygen atoms in total. The summed E-state index contributed by atoms with van der Waals surface area (Å²) in [5, 5.41) is 9.64. The molecule has 0 spiro atoms. The number of nitrogens with zero attached hydrogens (tertiary/aromatic N) is 1. The molecule has 2 aliphatic carbocycles. The highest BCUT2D eigenvalue weighted by molar-refractivity contribution is 5.02. The van der Waals surface area contributed by atoms with E-state index in [9.17, 15) is 5.11 Å². The molecule has 3 unspecified atom stereocenters. The minimum absolute atomic E-state index is 0.117. The Balaban J connectivity index is 1.66. The van der Waals surface area contributed by atoms with E-state index in [2.05, 4.69) is 4.90 Å². The highest BCUT2D eigenvalue weighted by Crippen LogP contribution is 2.39. The van der Waals surface area contributed by atoms with Crippen LogP contribution in [0.4, 0.5) is 0 Å². The van der Waals surface area contributed by atoms with Gasteiger partial charge in [-0.15, -0.1) is 0 Å². The van der Waals surface area contributed by atoms with Crippen LogP contribution >= 0.6 is 0 Å². The van der Waals surface area contributed by atoms with Gasteiger partial charge in [-0.05, 0) is 31.6 Å². The van der Waals surface area contributed by atoms with Crippen LogP contribution in [0.5, 0.6) is 0 Å². The van der Waals surface area contributed by atoms with E-state index >= 15 is 0 Å². The van der Waals surface area contributed by atoms with Crippen molar-refractivity contribution in [3.63, 3.8) is 0 Å². The maximum absolute atomic E-state index is 9.64. The van der Waals surface area contributed by atoms with E-state index < -0.39 is 0 Å². The molecule has 104 valence electrons.